The summed E-state index contributed by atoms with van der Waals surface area (Å²) in [4.78, 5) is 2.45. The maximum absolute atomic E-state index is 9.52. The van der Waals surface area contributed by atoms with Crippen molar-refractivity contribution in [2.45, 2.75) is 58.2 Å². The van der Waals surface area contributed by atoms with E-state index in [2.05, 4.69) is 48.3 Å². The Balaban J connectivity index is 1.79. The summed E-state index contributed by atoms with van der Waals surface area (Å²) in [6, 6.07) is 10.1. The Kier molecular flexibility index (Phi) is 4.17. The summed E-state index contributed by atoms with van der Waals surface area (Å²) in [6.45, 7) is 6.52. The second-order valence-corrected chi connectivity index (χ2v) is 6.77. The van der Waals surface area contributed by atoms with Crippen LogP contribution in [0.15, 0.2) is 18.2 Å². The Morgan fingerprint density at radius 1 is 1.33 bits per heavy atom. The van der Waals surface area contributed by atoms with E-state index in [1.54, 1.807) is 0 Å². The van der Waals surface area contributed by atoms with E-state index in [9.17, 15) is 5.26 Å². The molecule has 0 bridgehead atoms. The van der Waals surface area contributed by atoms with Crippen molar-refractivity contribution in [1.29, 1.82) is 5.26 Å². The SMILES string of the molecule is CC(C)C1CCCN1c1ccc(CNC2CC2)cc1C#N. The first kappa shape index (κ1) is 14.4. The first-order chi connectivity index (χ1) is 10.2. The van der Waals surface area contributed by atoms with Gasteiger partial charge in [0.05, 0.1) is 11.3 Å². The lowest BCUT2D eigenvalue weighted by Crippen LogP contribution is -2.33. The number of anilines is 1. The van der Waals surface area contributed by atoms with Gasteiger partial charge >= 0.3 is 0 Å². The standard InChI is InChI=1S/C18H25N3/c1-13(2)17-4-3-9-21(17)18-8-5-14(10-15(18)11-19)12-20-16-6-7-16/h5,8,10,13,16-17,20H,3-4,6-7,9,12H2,1-2H3. The molecule has 1 heterocycles. The van der Waals surface area contributed by atoms with Gasteiger partial charge in [-0.2, -0.15) is 5.26 Å². The molecule has 0 radical (unpaired) electrons. The predicted octanol–water partition coefficient (Wildman–Crippen LogP) is 3.44. The summed E-state index contributed by atoms with van der Waals surface area (Å²) in [5, 5.41) is 13.0. The van der Waals surface area contributed by atoms with E-state index in [4.69, 9.17) is 0 Å². The van der Waals surface area contributed by atoms with E-state index < -0.39 is 0 Å². The maximum Gasteiger partial charge on any atom is 0.101 e. The minimum Gasteiger partial charge on any atom is -0.367 e. The second-order valence-electron chi connectivity index (χ2n) is 6.77. The molecule has 1 aromatic rings. The molecule has 2 fully saturated rings. The highest BCUT2D eigenvalue weighted by Gasteiger charge is 2.28. The molecule has 3 heteroatoms. The average Bonchev–Trinajstić information content (AvgIpc) is 3.19. The van der Waals surface area contributed by atoms with Gasteiger partial charge in [-0.15, -0.1) is 0 Å². The molecule has 1 N–H and O–H groups in total. The van der Waals surface area contributed by atoms with Crippen LogP contribution in [0.5, 0.6) is 0 Å². The van der Waals surface area contributed by atoms with Crippen molar-refractivity contribution in [1.82, 2.24) is 5.32 Å². The van der Waals surface area contributed by atoms with Crippen LogP contribution < -0.4 is 10.2 Å². The van der Waals surface area contributed by atoms with Crippen LogP contribution in [0.1, 0.15) is 50.7 Å². The number of hydrogen-bond acceptors (Lipinski definition) is 3. The smallest absolute Gasteiger partial charge is 0.101 e. The first-order valence-corrected chi connectivity index (χ1v) is 8.22. The maximum atomic E-state index is 9.52. The van der Waals surface area contributed by atoms with Gasteiger partial charge in [0, 0.05) is 25.2 Å². The topological polar surface area (TPSA) is 39.1 Å². The Morgan fingerprint density at radius 3 is 2.81 bits per heavy atom. The molecule has 112 valence electrons. The molecule has 1 saturated heterocycles. The van der Waals surface area contributed by atoms with Crippen molar-refractivity contribution in [3.05, 3.63) is 29.3 Å². The predicted molar refractivity (Wildman–Crippen MR) is 86.2 cm³/mol. The molecule has 0 spiro atoms. The lowest BCUT2D eigenvalue weighted by molar-refractivity contribution is 0.492. The van der Waals surface area contributed by atoms with Crippen LogP contribution in [0.25, 0.3) is 0 Å². The van der Waals surface area contributed by atoms with Crippen LogP contribution in [0, 0.1) is 17.2 Å². The van der Waals surface area contributed by atoms with E-state index in [1.165, 1.54) is 31.2 Å². The van der Waals surface area contributed by atoms with Gasteiger partial charge in [-0.05, 0) is 49.3 Å². The van der Waals surface area contributed by atoms with Crippen molar-refractivity contribution in [2.75, 3.05) is 11.4 Å². The van der Waals surface area contributed by atoms with Crippen LogP contribution in [-0.2, 0) is 6.54 Å². The van der Waals surface area contributed by atoms with Gasteiger partial charge in [0.15, 0.2) is 0 Å². The average molecular weight is 283 g/mol. The Hall–Kier alpha value is -1.53. The van der Waals surface area contributed by atoms with Crippen LogP contribution in [0.4, 0.5) is 5.69 Å². The number of nitrogens with one attached hydrogen (secondary N) is 1. The third-order valence-corrected chi connectivity index (χ3v) is 4.73. The second kappa shape index (κ2) is 6.07. The molecule has 21 heavy (non-hydrogen) atoms. The molecule has 1 saturated carbocycles. The fourth-order valence-corrected chi connectivity index (χ4v) is 3.37. The molecule has 1 aliphatic carbocycles. The summed E-state index contributed by atoms with van der Waals surface area (Å²) in [5.41, 5.74) is 3.18. The molecule has 3 nitrogen and oxygen atoms in total. The Morgan fingerprint density at radius 2 is 2.14 bits per heavy atom. The van der Waals surface area contributed by atoms with E-state index in [1.807, 2.05) is 0 Å². The van der Waals surface area contributed by atoms with Gasteiger partial charge < -0.3 is 10.2 Å². The fourth-order valence-electron chi connectivity index (χ4n) is 3.37. The molecular formula is C18H25N3. The van der Waals surface area contributed by atoms with Crippen molar-refractivity contribution < 1.29 is 0 Å². The van der Waals surface area contributed by atoms with Gasteiger partial charge in [0.25, 0.3) is 0 Å². The van der Waals surface area contributed by atoms with Gasteiger partial charge in [-0.3, -0.25) is 0 Å². The van der Waals surface area contributed by atoms with Crippen LogP contribution in [0.2, 0.25) is 0 Å². The minimum atomic E-state index is 0.576. The lowest BCUT2D eigenvalue weighted by atomic mass is 10.0. The van der Waals surface area contributed by atoms with Gasteiger partial charge in [0.2, 0.25) is 0 Å². The van der Waals surface area contributed by atoms with Crippen LogP contribution in [0.3, 0.4) is 0 Å². The van der Waals surface area contributed by atoms with Gasteiger partial charge in [-0.25, -0.2) is 0 Å². The molecule has 2 aliphatic rings. The molecule has 1 aromatic carbocycles. The quantitative estimate of drug-likeness (QED) is 0.899. The van der Waals surface area contributed by atoms with Crippen LogP contribution >= 0.6 is 0 Å². The number of nitriles is 1. The molecule has 1 atom stereocenters. The highest BCUT2D eigenvalue weighted by Crippen LogP contribution is 2.32. The van der Waals surface area contributed by atoms with Crippen LogP contribution in [-0.4, -0.2) is 18.6 Å². The molecule has 1 unspecified atom stereocenters. The van der Waals surface area contributed by atoms with Crippen molar-refractivity contribution in [3.8, 4) is 6.07 Å². The van der Waals surface area contributed by atoms with Crippen molar-refractivity contribution in [3.63, 3.8) is 0 Å². The number of nitrogens with zero attached hydrogens (tertiary/aromatic N) is 2. The highest BCUT2D eigenvalue weighted by atomic mass is 15.2. The zero-order valence-corrected chi connectivity index (χ0v) is 13.1. The Bertz CT molecular complexity index is 540. The number of hydrogen-bond donors (Lipinski definition) is 1. The zero-order valence-electron chi connectivity index (χ0n) is 13.1. The third kappa shape index (κ3) is 3.22. The molecule has 1 aliphatic heterocycles. The summed E-state index contributed by atoms with van der Waals surface area (Å²) in [6.07, 6.45) is 5.08. The zero-order chi connectivity index (χ0) is 14.8. The first-order valence-electron chi connectivity index (χ1n) is 8.22. The van der Waals surface area contributed by atoms with Crippen molar-refractivity contribution >= 4 is 5.69 Å². The van der Waals surface area contributed by atoms with Gasteiger partial charge in [0.1, 0.15) is 6.07 Å². The van der Waals surface area contributed by atoms with E-state index in [0.717, 1.165) is 24.3 Å². The molecular weight excluding hydrogens is 258 g/mol. The monoisotopic (exact) mass is 283 g/mol. The number of rotatable bonds is 5. The normalized spacial score (nSPS) is 21.8. The van der Waals surface area contributed by atoms with E-state index in [-0.39, 0.29) is 0 Å². The van der Waals surface area contributed by atoms with E-state index >= 15 is 0 Å². The third-order valence-electron chi connectivity index (χ3n) is 4.73. The fraction of sp³-hybridized carbons (Fsp3) is 0.611. The molecule has 0 amide bonds. The largest absolute Gasteiger partial charge is 0.367 e. The Labute approximate surface area is 128 Å². The van der Waals surface area contributed by atoms with Crippen molar-refractivity contribution in [2.24, 2.45) is 5.92 Å². The summed E-state index contributed by atoms with van der Waals surface area (Å²) in [5.74, 6) is 0.634. The van der Waals surface area contributed by atoms with E-state index in [0.29, 0.717) is 18.0 Å². The summed E-state index contributed by atoms with van der Waals surface area (Å²) >= 11 is 0. The summed E-state index contributed by atoms with van der Waals surface area (Å²) < 4.78 is 0. The minimum absolute atomic E-state index is 0.576. The van der Waals surface area contributed by atoms with Gasteiger partial charge in [-0.1, -0.05) is 19.9 Å². The highest BCUT2D eigenvalue weighted by molar-refractivity contribution is 5.61. The molecule has 0 aromatic heterocycles. The number of benzene rings is 1. The lowest BCUT2D eigenvalue weighted by Gasteiger charge is -2.30. The molecule has 3 rings (SSSR count). The summed E-state index contributed by atoms with van der Waals surface area (Å²) in [7, 11) is 0.